The molecular weight excluding hydrogens is 135 g/mol. The van der Waals surface area contributed by atoms with Gasteiger partial charge in [-0.05, 0) is 24.2 Å². The molecule has 0 saturated carbocycles. The monoisotopic (exact) mass is 151 g/mol. The van der Waals surface area contributed by atoms with Gasteiger partial charge in [-0.1, -0.05) is 27.0 Å². The molecule has 0 aromatic rings. The number of hydrogen-bond acceptors (Lipinski definition) is 2. The van der Waals surface area contributed by atoms with Gasteiger partial charge in [-0.15, -0.1) is 0 Å². The van der Waals surface area contributed by atoms with Gasteiger partial charge >= 0.3 is 7.55 Å². The molecule has 11 heavy (non-hydrogen) atoms. The molecule has 2 N–H and O–H groups in total. The van der Waals surface area contributed by atoms with Crippen LogP contribution >= 0.6 is 0 Å². The van der Waals surface area contributed by atoms with Gasteiger partial charge in [-0.25, -0.2) is 0 Å². The van der Waals surface area contributed by atoms with Crippen molar-refractivity contribution in [3.63, 3.8) is 0 Å². The van der Waals surface area contributed by atoms with Gasteiger partial charge in [0.1, 0.15) is 0 Å². The number of rotatable bonds is 6. The molecule has 0 amide bonds. The van der Waals surface area contributed by atoms with Crippen LogP contribution in [0.2, 0.25) is 0 Å². The fraction of sp³-hybridized carbons (Fsp3) is 0.500. The van der Waals surface area contributed by atoms with Crippen molar-refractivity contribution >= 4 is 7.55 Å². The first kappa shape index (κ1) is 10.1. The van der Waals surface area contributed by atoms with Gasteiger partial charge in [-0.3, -0.25) is 0 Å². The average Bonchev–Trinajstić information content (AvgIpc) is 2.04. The molecule has 1 radical (unpaired) electrons. The van der Waals surface area contributed by atoms with Crippen LogP contribution in [0.3, 0.4) is 0 Å². The molecule has 2 nitrogen and oxygen atoms in total. The molecule has 0 bridgehead atoms. The molecule has 0 heterocycles. The van der Waals surface area contributed by atoms with E-state index < -0.39 is 0 Å². The van der Waals surface area contributed by atoms with Crippen LogP contribution in [0, 0.1) is 0 Å². The summed E-state index contributed by atoms with van der Waals surface area (Å²) in [7, 11) is 1.76. The van der Waals surface area contributed by atoms with E-state index in [2.05, 4.69) is 37.5 Å². The third-order valence-electron chi connectivity index (χ3n) is 1.41. The second kappa shape index (κ2) is 5.89. The molecule has 0 aromatic heterocycles. The van der Waals surface area contributed by atoms with E-state index in [9.17, 15) is 0 Å². The highest BCUT2D eigenvalue weighted by atomic mass is 14.9. The van der Waals surface area contributed by atoms with Gasteiger partial charge in [0.05, 0.1) is 0 Å². The van der Waals surface area contributed by atoms with Gasteiger partial charge < -0.3 is 10.5 Å². The summed E-state index contributed by atoms with van der Waals surface area (Å²) in [6.07, 6.45) is 1.88. The zero-order chi connectivity index (χ0) is 8.69. The quantitative estimate of drug-likeness (QED) is 0.562. The maximum Gasteiger partial charge on any atom is 0.385 e. The third kappa shape index (κ3) is 5.58. The van der Waals surface area contributed by atoms with Crippen LogP contribution in [-0.4, -0.2) is 7.55 Å². The van der Waals surface area contributed by atoms with Crippen molar-refractivity contribution in [2.45, 2.75) is 26.7 Å². The molecule has 0 saturated heterocycles. The molecule has 61 valence electrons. The highest BCUT2D eigenvalue weighted by molar-refractivity contribution is 6.30. The van der Waals surface area contributed by atoms with E-state index in [1.165, 1.54) is 0 Å². The fourth-order valence-electron chi connectivity index (χ4n) is 0.444. The Morgan fingerprint density at radius 3 is 1.73 bits per heavy atom. The maximum atomic E-state index is 3.78. The Kier molecular flexibility index (Phi) is 5.44. The van der Waals surface area contributed by atoms with E-state index in [0.29, 0.717) is 0 Å². The lowest BCUT2D eigenvalue weighted by molar-refractivity contribution is 0.957. The molecule has 0 atom stereocenters. The predicted octanol–water partition coefficient (Wildman–Crippen LogP) is 1.55. The smallest absolute Gasteiger partial charge is 0.385 e. The Bertz CT molecular complexity index is 127. The Morgan fingerprint density at radius 2 is 1.45 bits per heavy atom. The first-order valence-electron chi connectivity index (χ1n) is 3.91. The SMILES string of the molecule is C=C(CC)N[B]NC(=C)CC. The minimum absolute atomic E-state index is 0.941. The van der Waals surface area contributed by atoms with E-state index in [-0.39, 0.29) is 0 Å². The highest BCUT2D eigenvalue weighted by Gasteiger charge is 1.92. The highest BCUT2D eigenvalue weighted by Crippen LogP contribution is 1.89. The Labute approximate surface area is 70.0 Å². The first-order valence-corrected chi connectivity index (χ1v) is 3.91. The van der Waals surface area contributed by atoms with Crippen molar-refractivity contribution in [1.82, 2.24) is 10.5 Å². The molecule has 0 fully saturated rings. The zero-order valence-electron chi connectivity index (χ0n) is 7.41. The summed E-state index contributed by atoms with van der Waals surface area (Å²) in [5.74, 6) is 0. The van der Waals surface area contributed by atoms with Crippen molar-refractivity contribution in [2.24, 2.45) is 0 Å². The van der Waals surface area contributed by atoms with Gasteiger partial charge in [0, 0.05) is 0 Å². The van der Waals surface area contributed by atoms with Crippen molar-refractivity contribution < 1.29 is 0 Å². The molecular formula is C8H16BN2. The summed E-state index contributed by atoms with van der Waals surface area (Å²) in [4.78, 5) is 0. The van der Waals surface area contributed by atoms with Crippen LogP contribution in [0.1, 0.15) is 26.7 Å². The summed E-state index contributed by atoms with van der Waals surface area (Å²) >= 11 is 0. The van der Waals surface area contributed by atoms with Gasteiger partial charge in [-0.2, -0.15) is 0 Å². The summed E-state index contributed by atoms with van der Waals surface area (Å²) in [6.45, 7) is 11.7. The van der Waals surface area contributed by atoms with E-state index in [1.54, 1.807) is 7.55 Å². The van der Waals surface area contributed by atoms with Crippen LogP contribution in [0.4, 0.5) is 0 Å². The Hall–Kier alpha value is -0.855. The van der Waals surface area contributed by atoms with Crippen LogP contribution in [0.15, 0.2) is 24.6 Å². The van der Waals surface area contributed by atoms with Crippen LogP contribution in [-0.2, 0) is 0 Å². The maximum absolute atomic E-state index is 3.78. The molecule has 0 aliphatic heterocycles. The lowest BCUT2D eigenvalue weighted by atomic mass is 10.1. The first-order chi connectivity index (χ1) is 5.20. The van der Waals surface area contributed by atoms with E-state index >= 15 is 0 Å². The number of nitrogens with one attached hydrogen (secondary N) is 2. The normalized spacial score (nSPS) is 8.55. The molecule has 0 spiro atoms. The predicted molar refractivity (Wildman–Crippen MR) is 50.9 cm³/mol. The van der Waals surface area contributed by atoms with Crippen molar-refractivity contribution in [3.05, 3.63) is 24.6 Å². The van der Waals surface area contributed by atoms with E-state index in [4.69, 9.17) is 0 Å². The lowest BCUT2D eigenvalue weighted by Gasteiger charge is -2.08. The van der Waals surface area contributed by atoms with Gasteiger partial charge in [0.25, 0.3) is 0 Å². The third-order valence-corrected chi connectivity index (χ3v) is 1.41. The number of allylic oxidation sites excluding steroid dienone is 2. The molecule has 0 rings (SSSR count). The van der Waals surface area contributed by atoms with Crippen molar-refractivity contribution in [2.75, 3.05) is 0 Å². The average molecular weight is 151 g/mol. The second-order valence-corrected chi connectivity index (χ2v) is 2.35. The summed E-state index contributed by atoms with van der Waals surface area (Å²) in [5, 5.41) is 6.01. The zero-order valence-corrected chi connectivity index (χ0v) is 7.41. The van der Waals surface area contributed by atoms with Crippen LogP contribution in [0.5, 0.6) is 0 Å². The summed E-state index contributed by atoms with van der Waals surface area (Å²) < 4.78 is 0. The van der Waals surface area contributed by atoms with Crippen molar-refractivity contribution in [3.8, 4) is 0 Å². The van der Waals surface area contributed by atoms with Gasteiger partial charge in [0.15, 0.2) is 0 Å². The minimum Gasteiger partial charge on any atom is -0.416 e. The van der Waals surface area contributed by atoms with Crippen molar-refractivity contribution in [1.29, 1.82) is 0 Å². The largest absolute Gasteiger partial charge is 0.416 e. The molecule has 3 heteroatoms. The van der Waals surface area contributed by atoms with Crippen LogP contribution < -0.4 is 10.5 Å². The lowest BCUT2D eigenvalue weighted by Crippen LogP contribution is -2.31. The molecule has 0 aliphatic rings. The molecule has 0 aromatic carbocycles. The Balaban J connectivity index is 3.27. The Morgan fingerprint density at radius 1 is 1.09 bits per heavy atom. The topological polar surface area (TPSA) is 24.1 Å². The van der Waals surface area contributed by atoms with E-state index in [0.717, 1.165) is 24.2 Å². The van der Waals surface area contributed by atoms with Crippen LogP contribution in [0.25, 0.3) is 0 Å². The number of hydrogen-bond donors (Lipinski definition) is 2. The van der Waals surface area contributed by atoms with Gasteiger partial charge in [0.2, 0.25) is 0 Å². The standard InChI is InChI=1S/C8H16BN2/c1-5-7(3)10-9-11-8(4)6-2/h10-11H,3-6H2,1-2H3. The summed E-state index contributed by atoms with van der Waals surface area (Å²) in [5.41, 5.74) is 2.00. The summed E-state index contributed by atoms with van der Waals surface area (Å²) in [6, 6.07) is 0. The molecule has 0 unspecified atom stereocenters. The fourth-order valence-corrected chi connectivity index (χ4v) is 0.444. The van der Waals surface area contributed by atoms with E-state index in [1.807, 2.05) is 0 Å². The minimum atomic E-state index is 0.941. The second-order valence-electron chi connectivity index (χ2n) is 2.35. The molecule has 0 aliphatic carbocycles.